The van der Waals surface area contributed by atoms with Crippen LogP contribution in [-0.4, -0.2) is 41.6 Å². The Morgan fingerprint density at radius 2 is 1.91 bits per heavy atom. The van der Waals surface area contributed by atoms with Gasteiger partial charge in [0.25, 0.3) is 5.91 Å². The average Bonchev–Trinajstić information content (AvgIpc) is 2.96. The minimum Gasteiger partial charge on any atom is -0.340 e. The zero-order valence-corrected chi connectivity index (χ0v) is 14.5. The summed E-state index contributed by atoms with van der Waals surface area (Å²) < 4.78 is 2.00. The van der Waals surface area contributed by atoms with Crippen molar-refractivity contribution in [1.29, 1.82) is 0 Å². The van der Waals surface area contributed by atoms with Crippen molar-refractivity contribution >= 4 is 18.3 Å². The summed E-state index contributed by atoms with van der Waals surface area (Å²) in [6.45, 7) is 1.64. The number of likely N-dealkylation sites (N-methyl/N-ethyl adjacent to an activating group) is 1. The summed E-state index contributed by atoms with van der Waals surface area (Å²) in [5, 5.41) is 3.29. The molecule has 1 amide bonds. The van der Waals surface area contributed by atoms with E-state index >= 15 is 0 Å². The van der Waals surface area contributed by atoms with Gasteiger partial charge in [-0.3, -0.25) is 4.79 Å². The van der Waals surface area contributed by atoms with Crippen LogP contribution >= 0.6 is 12.4 Å². The molecule has 1 atom stereocenters. The van der Waals surface area contributed by atoms with E-state index < -0.39 is 0 Å². The van der Waals surface area contributed by atoms with Crippen molar-refractivity contribution in [2.45, 2.75) is 18.9 Å². The largest absolute Gasteiger partial charge is 0.340 e. The monoisotopic (exact) mass is 333 g/mol. The summed E-state index contributed by atoms with van der Waals surface area (Å²) in [7, 11) is 3.93. The number of hydrogen-bond donors (Lipinski definition) is 1. The molecule has 0 spiro atoms. The third kappa shape index (κ3) is 3.59. The second-order valence-corrected chi connectivity index (χ2v) is 5.91. The number of nitrogens with zero attached hydrogens (tertiary/aromatic N) is 2. The van der Waals surface area contributed by atoms with Crippen molar-refractivity contribution in [2.75, 3.05) is 20.1 Å². The minimum atomic E-state index is 0. The van der Waals surface area contributed by atoms with Crippen LogP contribution < -0.4 is 5.32 Å². The minimum absolute atomic E-state index is 0. The molecule has 124 valence electrons. The van der Waals surface area contributed by atoms with Gasteiger partial charge < -0.3 is 14.8 Å². The molecule has 1 aliphatic heterocycles. The van der Waals surface area contributed by atoms with Gasteiger partial charge >= 0.3 is 0 Å². The smallest absolute Gasteiger partial charge is 0.270 e. The predicted molar refractivity (Wildman–Crippen MR) is 96.1 cm³/mol. The predicted octanol–water partition coefficient (Wildman–Crippen LogP) is 2.94. The molecule has 1 fully saturated rings. The van der Waals surface area contributed by atoms with Gasteiger partial charge in [0, 0.05) is 31.9 Å². The van der Waals surface area contributed by atoms with E-state index in [4.69, 9.17) is 0 Å². The van der Waals surface area contributed by atoms with Crippen LogP contribution in [0.3, 0.4) is 0 Å². The molecule has 23 heavy (non-hydrogen) atoms. The SMILES string of the molecule is CNC1CCCN(C(=O)c2ccc(-c3ccccc3)n2C)C1.Cl. The van der Waals surface area contributed by atoms with E-state index in [0.717, 1.165) is 42.9 Å². The molecule has 2 aromatic rings. The van der Waals surface area contributed by atoms with E-state index in [0.29, 0.717) is 6.04 Å². The molecule has 1 aromatic heterocycles. The highest BCUT2D eigenvalue weighted by Crippen LogP contribution is 2.23. The number of carbonyl (C=O) groups excluding carboxylic acids is 1. The van der Waals surface area contributed by atoms with Crippen molar-refractivity contribution in [3.8, 4) is 11.3 Å². The molecule has 5 heteroatoms. The van der Waals surface area contributed by atoms with Crippen molar-refractivity contribution < 1.29 is 4.79 Å². The highest BCUT2D eigenvalue weighted by atomic mass is 35.5. The number of carbonyl (C=O) groups is 1. The van der Waals surface area contributed by atoms with Crippen molar-refractivity contribution in [3.63, 3.8) is 0 Å². The van der Waals surface area contributed by atoms with Gasteiger partial charge in [0.15, 0.2) is 0 Å². The summed E-state index contributed by atoms with van der Waals surface area (Å²) in [6.07, 6.45) is 2.20. The number of benzene rings is 1. The van der Waals surface area contributed by atoms with E-state index in [9.17, 15) is 4.79 Å². The van der Waals surface area contributed by atoms with Crippen LogP contribution in [0.1, 0.15) is 23.3 Å². The van der Waals surface area contributed by atoms with Gasteiger partial charge in [-0.1, -0.05) is 30.3 Å². The second-order valence-electron chi connectivity index (χ2n) is 5.91. The van der Waals surface area contributed by atoms with Gasteiger partial charge in [-0.05, 0) is 37.6 Å². The molecule has 0 radical (unpaired) electrons. The Morgan fingerprint density at radius 1 is 1.17 bits per heavy atom. The summed E-state index contributed by atoms with van der Waals surface area (Å²) in [5.74, 6) is 0.129. The molecule has 1 unspecified atom stereocenters. The number of amides is 1. The first-order chi connectivity index (χ1) is 10.7. The third-order valence-corrected chi connectivity index (χ3v) is 4.53. The van der Waals surface area contributed by atoms with Gasteiger partial charge in [-0.2, -0.15) is 0 Å². The van der Waals surface area contributed by atoms with Crippen LogP contribution in [0.4, 0.5) is 0 Å². The number of nitrogens with one attached hydrogen (secondary N) is 1. The maximum absolute atomic E-state index is 12.8. The quantitative estimate of drug-likeness (QED) is 0.937. The van der Waals surface area contributed by atoms with Crippen LogP contribution in [0.5, 0.6) is 0 Å². The lowest BCUT2D eigenvalue weighted by molar-refractivity contribution is 0.0688. The zero-order chi connectivity index (χ0) is 15.5. The highest BCUT2D eigenvalue weighted by molar-refractivity contribution is 5.94. The Bertz CT molecular complexity index is 654. The standard InChI is InChI=1S/C18H23N3O.ClH/c1-19-15-9-6-12-21(13-15)18(22)17-11-10-16(20(17)2)14-7-4-3-5-8-14;/h3-5,7-8,10-11,15,19H,6,9,12-13H2,1-2H3;1H. The number of halogens is 1. The molecule has 0 saturated carbocycles. The van der Waals surface area contributed by atoms with Crippen LogP contribution in [0.2, 0.25) is 0 Å². The zero-order valence-electron chi connectivity index (χ0n) is 13.7. The fourth-order valence-corrected chi connectivity index (χ4v) is 3.18. The maximum Gasteiger partial charge on any atom is 0.270 e. The topological polar surface area (TPSA) is 37.3 Å². The van der Waals surface area contributed by atoms with E-state index in [2.05, 4.69) is 17.4 Å². The normalized spacial score (nSPS) is 17.7. The first kappa shape index (κ1) is 17.6. The van der Waals surface area contributed by atoms with E-state index in [1.165, 1.54) is 0 Å². The molecule has 3 rings (SSSR count). The number of rotatable bonds is 3. The van der Waals surface area contributed by atoms with Gasteiger partial charge in [0.1, 0.15) is 5.69 Å². The van der Waals surface area contributed by atoms with Gasteiger partial charge in [-0.25, -0.2) is 0 Å². The van der Waals surface area contributed by atoms with Crippen molar-refractivity contribution in [1.82, 2.24) is 14.8 Å². The van der Waals surface area contributed by atoms with Gasteiger partial charge in [-0.15, -0.1) is 12.4 Å². The Labute approximate surface area is 143 Å². The summed E-state index contributed by atoms with van der Waals surface area (Å²) in [5.41, 5.74) is 2.97. The average molecular weight is 334 g/mol. The third-order valence-electron chi connectivity index (χ3n) is 4.53. The van der Waals surface area contributed by atoms with Gasteiger partial charge in [0.2, 0.25) is 0 Å². The molecule has 2 heterocycles. The van der Waals surface area contributed by atoms with E-state index in [1.54, 1.807) is 0 Å². The fourth-order valence-electron chi connectivity index (χ4n) is 3.18. The van der Waals surface area contributed by atoms with Crippen molar-refractivity contribution in [2.24, 2.45) is 7.05 Å². The van der Waals surface area contributed by atoms with Crippen LogP contribution in [0, 0.1) is 0 Å². The second kappa shape index (κ2) is 7.66. The van der Waals surface area contributed by atoms with Crippen LogP contribution in [-0.2, 0) is 7.05 Å². The van der Waals surface area contributed by atoms with E-state index in [1.807, 2.05) is 53.9 Å². The fraction of sp³-hybridized carbons (Fsp3) is 0.389. The molecule has 1 aromatic carbocycles. The lowest BCUT2D eigenvalue weighted by Crippen LogP contribution is -2.47. The van der Waals surface area contributed by atoms with Crippen LogP contribution in [0.25, 0.3) is 11.3 Å². The molecular weight excluding hydrogens is 310 g/mol. The molecule has 0 bridgehead atoms. The number of likely N-dealkylation sites (tertiary alicyclic amines) is 1. The number of hydrogen-bond acceptors (Lipinski definition) is 2. The molecule has 1 aliphatic rings. The first-order valence-electron chi connectivity index (χ1n) is 7.88. The molecule has 1 saturated heterocycles. The Hall–Kier alpha value is -1.78. The lowest BCUT2D eigenvalue weighted by atomic mass is 10.1. The molecule has 4 nitrogen and oxygen atoms in total. The lowest BCUT2D eigenvalue weighted by Gasteiger charge is -2.32. The van der Waals surface area contributed by atoms with Crippen molar-refractivity contribution in [3.05, 3.63) is 48.2 Å². The maximum atomic E-state index is 12.8. The Balaban J connectivity index is 0.00000192. The van der Waals surface area contributed by atoms with Gasteiger partial charge in [0.05, 0.1) is 0 Å². The molecular formula is C18H24ClN3O. The number of aromatic nitrogens is 1. The summed E-state index contributed by atoms with van der Waals surface area (Å²) >= 11 is 0. The Kier molecular flexibility index (Phi) is 5.85. The summed E-state index contributed by atoms with van der Waals surface area (Å²) in [4.78, 5) is 14.8. The van der Waals surface area contributed by atoms with Crippen LogP contribution in [0.15, 0.2) is 42.5 Å². The first-order valence-corrected chi connectivity index (χ1v) is 7.88. The molecule has 1 N–H and O–H groups in total. The van der Waals surface area contributed by atoms with E-state index in [-0.39, 0.29) is 18.3 Å². The Morgan fingerprint density at radius 3 is 2.61 bits per heavy atom. The summed E-state index contributed by atoms with van der Waals surface area (Å²) in [6, 6.07) is 14.6. The highest BCUT2D eigenvalue weighted by Gasteiger charge is 2.25. The molecule has 0 aliphatic carbocycles. The number of piperidine rings is 1.